The zero-order valence-corrected chi connectivity index (χ0v) is 28.4. The Labute approximate surface area is 222 Å². The van der Waals surface area contributed by atoms with Crippen LogP contribution in [-0.4, -0.2) is 69.4 Å². The minimum atomic E-state index is -2.15. The molecule has 0 saturated carbocycles. The highest BCUT2D eigenvalue weighted by Crippen LogP contribution is 2.43. The van der Waals surface area contributed by atoms with Gasteiger partial charge < -0.3 is 27.5 Å². The summed E-state index contributed by atoms with van der Waals surface area (Å²) in [5.74, 6) is -1.75. The number of aliphatic hydroxyl groups is 1. The van der Waals surface area contributed by atoms with Crippen LogP contribution < -0.4 is 0 Å². The van der Waals surface area contributed by atoms with Crippen LogP contribution in [0.3, 0.4) is 0 Å². The summed E-state index contributed by atoms with van der Waals surface area (Å²) in [7, 11) is -8.14. The summed E-state index contributed by atoms with van der Waals surface area (Å²) in [6, 6.07) is 7.11. The summed E-state index contributed by atoms with van der Waals surface area (Å²) >= 11 is 6.18. The van der Waals surface area contributed by atoms with Crippen molar-refractivity contribution >= 4 is 44.9 Å². The van der Waals surface area contributed by atoms with E-state index in [-0.39, 0.29) is 0 Å². The zero-order chi connectivity index (χ0) is 27.0. The lowest BCUT2D eigenvalue weighted by Crippen LogP contribution is -2.69. The molecular formula is C24H47ClO6Si4. The fourth-order valence-corrected chi connectivity index (χ4v) is 7.99. The molecule has 0 bridgehead atoms. The molecule has 11 heteroatoms. The predicted octanol–water partition coefficient (Wildman–Crippen LogP) is 6.40. The topological polar surface area (TPSA) is 66.4 Å². The van der Waals surface area contributed by atoms with Crippen molar-refractivity contribution in [2.45, 2.75) is 109 Å². The van der Waals surface area contributed by atoms with Gasteiger partial charge in [0.25, 0.3) is 0 Å². The van der Waals surface area contributed by atoms with E-state index in [0.29, 0.717) is 17.2 Å². The van der Waals surface area contributed by atoms with Crippen LogP contribution in [0.5, 0.6) is 0 Å². The van der Waals surface area contributed by atoms with Gasteiger partial charge in [0, 0.05) is 10.6 Å². The van der Waals surface area contributed by atoms with Crippen molar-refractivity contribution < 1.29 is 27.5 Å². The fourth-order valence-electron chi connectivity index (χ4n) is 3.97. The average molecular weight is 579 g/mol. The number of hydrogen-bond acceptors (Lipinski definition) is 6. The molecule has 1 N–H and O–H groups in total. The molecule has 5 unspecified atom stereocenters. The van der Waals surface area contributed by atoms with E-state index in [2.05, 4.69) is 78.6 Å². The van der Waals surface area contributed by atoms with Gasteiger partial charge in [0.2, 0.25) is 5.79 Å². The molecule has 1 heterocycles. The van der Waals surface area contributed by atoms with E-state index in [1.54, 1.807) is 24.3 Å². The molecule has 1 aromatic rings. The van der Waals surface area contributed by atoms with Crippen LogP contribution in [0.25, 0.3) is 0 Å². The molecule has 1 aliphatic rings. The minimum Gasteiger partial charge on any atom is -0.415 e. The highest BCUT2D eigenvalue weighted by Gasteiger charge is 2.59. The second kappa shape index (κ2) is 11.1. The fraction of sp³-hybridized carbons (Fsp3) is 0.750. The van der Waals surface area contributed by atoms with E-state index in [1.165, 1.54) is 0 Å². The number of rotatable bonds is 10. The standard InChI is InChI=1S/C24H47ClO6Si4/c1-32(2,3)27-17-20-21(29-33(4,5)6)22(30-34(7,8)9)23(31-35(10,11)12)24(26,28-20)18-13-15-19(25)16-14-18/h13-16,20-23,26H,17H2,1-12H3. The second-order valence-electron chi connectivity index (χ2n) is 13.3. The first-order valence-corrected chi connectivity index (χ1v) is 26.4. The molecule has 0 amide bonds. The van der Waals surface area contributed by atoms with Gasteiger partial charge in [0.05, 0.1) is 6.61 Å². The molecular weight excluding hydrogens is 532 g/mol. The van der Waals surface area contributed by atoms with Crippen LogP contribution in [-0.2, 0) is 28.2 Å². The lowest BCUT2D eigenvalue weighted by Gasteiger charge is -2.54. The van der Waals surface area contributed by atoms with E-state index < -0.39 is 63.5 Å². The van der Waals surface area contributed by atoms with Crippen LogP contribution in [0.4, 0.5) is 0 Å². The Hall–Kier alpha value is 0.138. The second-order valence-corrected chi connectivity index (χ2v) is 31.7. The van der Waals surface area contributed by atoms with Gasteiger partial charge in [-0.3, -0.25) is 0 Å². The first-order valence-electron chi connectivity index (χ1n) is 12.4. The van der Waals surface area contributed by atoms with E-state index in [0.717, 1.165) is 0 Å². The number of ether oxygens (including phenoxy) is 1. The highest BCUT2D eigenvalue weighted by atomic mass is 35.5. The highest BCUT2D eigenvalue weighted by molar-refractivity contribution is 6.71. The molecule has 1 fully saturated rings. The van der Waals surface area contributed by atoms with Crippen molar-refractivity contribution in [2.75, 3.05) is 6.61 Å². The third-order valence-corrected chi connectivity index (χ3v) is 9.31. The van der Waals surface area contributed by atoms with Gasteiger partial charge in [-0.15, -0.1) is 0 Å². The number of hydrogen-bond donors (Lipinski definition) is 1. The van der Waals surface area contributed by atoms with Crippen molar-refractivity contribution in [2.24, 2.45) is 0 Å². The van der Waals surface area contributed by atoms with Crippen LogP contribution in [0.2, 0.25) is 83.6 Å². The number of halogens is 1. The van der Waals surface area contributed by atoms with Gasteiger partial charge in [-0.1, -0.05) is 23.7 Å². The SMILES string of the molecule is C[Si](C)(C)OCC1OC(O)(c2ccc(Cl)cc2)C(O[Si](C)(C)C)C(O[Si](C)(C)C)C1O[Si](C)(C)C. The molecule has 0 aliphatic carbocycles. The number of benzene rings is 1. The van der Waals surface area contributed by atoms with E-state index >= 15 is 0 Å². The van der Waals surface area contributed by atoms with Crippen molar-refractivity contribution in [1.82, 2.24) is 0 Å². The Morgan fingerprint density at radius 2 is 1.20 bits per heavy atom. The van der Waals surface area contributed by atoms with Gasteiger partial charge in [0.1, 0.15) is 24.4 Å². The molecule has 1 aliphatic heterocycles. The minimum absolute atomic E-state index is 0.312. The maximum absolute atomic E-state index is 12.3. The first-order chi connectivity index (χ1) is 15.6. The average Bonchev–Trinajstić information content (AvgIpc) is 2.62. The Morgan fingerprint density at radius 1 is 0.743 bits per heavy atom. The van der Waals surface area contributed by atoms with Crippen LogP contribution in [0.1, 0.15) is 5.56 Å². The summed E-state index contributed by atoms with van der Waals surface area (Å²) in [6.07, 6.45) is -2.26. The summed E-state index contributed by atoms with van der Waals surface area (Å²) in [5.41, 5.74) is 0.582. The third kappa shape index (κ3) is 9.75. The molecule has 6 nitrogen and oxygen atoms in total. The molecule has 0 aromatic heterocycles. The predicted molar refractivity (Wildman–Crippen MR) is 154 cm³/mol. The van der Waals surface area contributed by atoms with Crippen molar-refractivity contribution in [3.05, 3.63) is 34.9 Å². The Morgan fingerprint density at radius 3 is 1.63 bits per heavy atom. The smallest absolute Gasteiger partial charge is 0.221 e. The maximum atomic E-state index is 12.3. The van der Waals surface area contributed by atoms with Gasteiger partial charge in [0.15, 0.2) is 33.3 Å². The van der Waals surface area contributed by atoms with Crippen molar-refractivity contribution in [1.29, 1.82) is 0 Å². The molecule has 0 spiro atoms. The lowest BCUT2D eigenvalue weighted by molar-refractivity contribution is -0.348. The third-order valence-electron chi connectivity index (χ3n) is 5.10. The van der Waals surface area contributed by atoms with Gasteiger partial charge in [-0.05, 0) is 90.7 Å². The van der Waals surface area contributed by atoms with Gasteiger partial charge in [-0.25, -0.2) is 0 Å². The van der Waals surface area contributed by atoms with E-state index in [9.17, 15) is 5.11 Å². The molecule has 202 valence electrons. The summed E-state index contributed by atoms with van der Waals surface area (Å²) in [4.78, 5) is 0. The summed E-state index contributed by atoms with van der Waals surface area (Å²) < 4.78 is 33.2. The van der Waals surface area contributed by atoms with Crippen LogP contribution in [0.15, 0.2) is 24.3 Å². The van der Waals surface area contributed by atoms with Crippen LogP contribution >= 0.6 is 11.6 Å². The zero-order valence-electron chi connectivity index (χ0n) is 23.7. The van der Waals surface area contributed by atoms with E-state index in [1.807, 2.05) is 0 Å². The Balaban J connectivity index is 2.71. The van der Waals surface area contributed by atoms with Crippen molar-refractivity contribution in [3.63, 3.8) is 0 Å². The molecule has 5 atom stereocenters. The molecule has 1 saturated heterocycles. The molecule has 0 radical (unpaired) electrons. The monoisotopic (exact) mass is 578 g/mol. The maximum Gasteiger partial charge on any atom is 0.221 e. The van der Waals surface area contributed by atoms with Crippen LogP contribution in [0, 0.1) is 0 Å². The molecule has 1 aromatic carbocycles. The van der Waals surface area contributed by atoms with Gasteiger partial charge >= 0.3 is 0 Å². The molecule has 35 heavy (non-hydrogen) atoms. The summed E-state index contributed by atoms with van der Waals surface area (Å²) in [5, 5.41) is 12.9. The quantitative estimate of drug-likeness (QED) is 0.324. The largest absolute Gasteiger partial charge is 0.415 e. The lowest BCUT2D eigenvalue weighted by atomic mass is 9.88. The Kier molecular flexibility index (Phi) is 9.94. The normalized spacial score (nSPS) is 28.9. The first kappa shape index (κ1) is 31.4. The van der Waals surface area contributed by atoms with Gasteiger partial charge in [-0.2, -0.15) is 0 Å². The van der Waals surface area contributed by atoms with E-state index in [4.69, 9.17) is 34.0 Å². The van der Waals surface area contributed by atoms with Crippen molar-refractivity contribution in [3.8, 4) is 0 Å². The Bertz CT molecular complexity index is 829. The summed E-state index contributed by atoms with van der Waals surface area (Å²) in [6.45, 7) is 26.0. The molecule has 2 rings (SSSR count).